The monoisotopic (exact) mass is 338 g/mol. The first-order valence-corrected chi connectivity index (χ1v) is 8.21. The van der Waals surface area contributed by atoms with E-state index < -0.39 is 0 Å². The van der Waals surface area contributed by atoms with Crippen molar-refractivity contribution in [1.82, 2.24) is 0 Å². The van der Waals surface area contributed by atoms with Crippen LogP contribution in [-0.4, -0.2) is 5.91 Å². The van der Waals surface area contributed by atoms with Gasteiger partial charge in [0.1, 0.15) is 0 Å². The van der Waals surface area contributed by atoms with Crippen LogP contribution in [-0.2, 0) is 4.79 Å². The molecule has 1 aliphatic rings. The van der Waals surface area contributed by atoms with Crippen molar-refractivity contribution in [3.05, 3.63) is 22.2 Å². The van der Waals surface area contributed by atoms with Crippen LogP contribution in [0.5, 0.6) is 0 Å². The Kier molecular flexibility index (Phi) is 5.46. The average Bonchev–Trinajstić information content (AvgIpc) is 2.62. The third-order valence-electron chi connectivity index (χ3n) is 4.04. The number of hydrogen-bond donors (Lipinski definition) is 2. The van der Waals surface area contributed by atoms with E-state index in [1.165, 1.54) is 38.5 Å². The zero-order chi connectivity index (χ0) is 14.5. The normalized spacial score (nSPS) is 16.7. The molecule has 1 aliphatic carbocycles. The van der Waals surface area contributed by atoms with Crippen molar-refractivity contribution in [2.75, 3.05) is 11.1 Å². The molecule has 0 aliphatic heterocycles. The number of amides is 1. The predicted molar refractivity (Wildman–Crippen MR) is 87.7 cm³/mol. The maximum atomic E-state index is 12.2. The Morgan fingerprint density at radius 3 is 2.55 bits per heavy atom. The van der Waals surface area contributed by atoms with Gasteiger partial charge in [-0.2, -0.15) is 0 Å². The fraction of sp³-hybridized carbons (Fsp3) is 0.562. The van der Waals surface area contributed by atoms with E-state index in [1.54, 1.807) is 0 Å². The molecule has 110 valence electrons. The third kappa shape index (κ3) is 4.23. The van der Waals surface area contributed by atoms with Gasteiger partial charge < -0.3 is 11.1 Å². The maximum absolute atomic E-state index is 12.2. The van der Waals surface area contributed by atoms with E-state index in [0.29, 0.717) is 18.0 Å². The highest BCUT2D eigenvalue weighted by atomic mass is 79.9. The Labute approximate surface area is 129 Å². The molecule has 0 saturated heterocycles. The lowest BCUT2D eigenvalue weighted by Crippen LogP contribution is -2.18. The highest BCUT2D eigenvalue weighted by Gasteiger charge is 2.17. The number of hydrogen-bond acceptors (Lipinski definition) is 2. The van der Waals surface area contributed by atoms with E-state index in [0.717, 1.165) is 15.7 Å². The van der Waals surface area contributed by atoms with Crippen LogP contribution in [0.25, 0.3) is 0 Å². The number of rotatable bonds is 3. The van der Waals surface area contributed by atoms with Gasteiger partial charge in [-0.3, -0.25) is 4.79 Å². The van der Waals surface area contributed by atoms with Crippen LogP contribution in [0, 0.1) is 12.8 Å². The smallest absolute Gasteiger partial charge is 0.224 e. The first kappa shape index (κ1) is 15.4. The van der Waals surface area contributed by atoms with Crippen molar-refractivity contribution in [3.63, 3.8) is 0 Å². The van der Waals surface area contributed by atoms with Gasteiger partial charge >= 0.3 is 0 Å². The van der Waals surface area contributed by atoms with E-state index >= 15 is 0 Å². The Balaban J connectivity index is 1.97. The van der Waals surface area contributed by atoms with Gasteiger partial charge in [0.05, 0.1) is 11.4 Å². The van der Waals surface area contributed by atoms with Crippen LogP contribution in [0.2, 0.25) is 0 Å². The summed E-state index contributed by atoms with van der Waals surface area (Å²) in [5.74, 6) is 0.628. The van der Waals surface area contributed by atoms with Crippen LogP contribution >= 0.6 is 15.9 Å². The molecule has 0 radical (unpaired) electrons. The molecule has 20 heavy (non-hydrogen) atoms. The SMILES string of the molecule is Cc1cc(Br)cc(N)c1NC(=O)CC1CCCCCC1. The van der Waals surface area contributed by atoms with E-state index in [9.17, 15) is 4.79 Å². The summed E-state index contributed by atoms with van der Waals surface area (Å²) >= 11 is 3.41. The summed E-state index contributed by atoms with van der Waals surface area (Å²) in [6.07, 6.45) is 8.14. The number of nitrogens with two attached hydrogens (primary N) is 1. The molecule has 1 saturated carbocycles. The van der Waals surface area contributed by atoms with Gasteiger partial charge in [0.2, 0.25) is 5.91 Å². The summed E-state index contributed by atoms with van der Waals surface area (Å²) in [5.41, 5.74) is 8.35. The highest BCUT2D eigenvalue weighted by molar-refractivity contribution is 9.10. The minimum Gasteiger partial charge on any atom is -0.397 e. The topological polar surface area (TPSA) is 55.1 Å². The molecule has 4 heteroatoms. The summed E-state index contributed by atoms with van der Waals surface area (Å²) in [6.45, 7) is 1.96. The van der Waals surface area contributed by atoms with E-state index in [1.807, 2.05) is 19.1 Å². The quantitative estimate of drug-likeness (QED) is 0.623. The molecule has 0 bridgehead atoms. The van der Waals surface area contributed by atoms with Crippen LogP contribution in [0.1, 0.15) is 50.5 Å². The van der Waals surface area contributed by atoms with Crippen molar-refractivity contribution >= 4 is 33.2 Å². The van der Waals surface area contributed by atoms with Gasteiger partial charge in [-0.05, 0) is 43.4 Å². The van der Waals surface area contributed by atoms with Crippen LogP contribution in [0.4, 0.5) is 11.4 Å². The molecule has 2 rings (SSSR count). The minimum absolute atomic E-state index is 0.0917. The molecule has 0 aromatic heterocycles. The van der Waals surface area contributed by atoms with Crippen molar-refractivity contribution in [1.29, 1.82) is 0 Å². The number of carbonyl (C=O) groups excluding carboxylic acids is 1. The number of nitrogen functional groups attached to an aromatic ring is 1. The molecule has 1 aromatic rings. The lowest BCUT2D eigenvalue weighted by Gasteiger charge is -2.16. The van der Waals surface area contributed by atoms with Crippen LogP contribution in [0.15, 0.2) is 16.6 Å². The zero-order valence-corrected chi connectivity index (χ0v) is 13.6. The Hall–Kier alpha value is -1.03. The third-order valence-corrected chi connectivity index (χ3v) is 4.50. The second-order valence-electron chi connectivity index (χ2n) is 5.80. The first-order valence-electron chi connectivity index (χ1n) is 7.41. The van der Waals surface area contributed by atoms with Gasteiger partial charge in [0, 0.05) is 10.9 Å². The molecule has 0 spiro atoms. The Morgan fingerprint density at radius 1 is 1.30 bits per heavy atom. The summed E-state index contributed by atoms with van der Waals surface area (Å²) in [5, 5.41) is 2.99. The van der Waals surface area contributed by atoms with Crippen LogP contribution < -0.4 is 11.1 Å². The lowest BCUT2D eigenvalue weighted by atomic mass is 9.96. The van der Waals surface area contributed by atoms with Gasteiger partial charge in [-0.15, -0.1) is 0 Å². The summed E-state index contributed by atoms with van der Waals surface area (Å²) in [7, 11) is 0. The molecule has 0 unspecified atom stereocenters. The van der Waals surface area contributed by atoms with E-state index in [4.69, 9.17) is 5.73 Å². The summed E-state index contributed by atoms with van der Waals surface area (Å²) in [4.78, 5) is 12.2. The number of anilines is 2. The number of aryl methyl sites for hydroxylation is 1. The molecule has 0 atom stereocenters. The van der Waals surface area contributed by atoms with Crippen molar-refractivity contribution < 1.29 is 4.79 Å². The van der Waals surface area contributed by atoms with Crippen molar-refractivity contribution in [2.24, 2.45) is 5.92 Å². The lowest BCUT2D eigenvalue weighted by molar-refractivity contribution is -0.117. The second-order valence-corrected chi connectivity index (χ2v) is 6.71. The zero-order valence-electron chi connectivity index (χ0n) is 12.0. The Morgan fingerprint density at radius 2 is 1.95 bits per heavy atom. The van der Waals surface area contributed by atoms with E-state index in [-0.39, 0.29) is 5.91 Å². The highest BCUT2D eigenvalue weighted by Crippen LogP contribution is 2.29. The Bertz CT molecular complexity index is 456. The maximum Gasteiger partial charge on any atom is 0.224 e. The fourth-order valence-corrected chi connectivity index (χ4v) is 3.55. The second kappa shape index (κ2) is 7.11. The van der Waals surface area contributed by atoms with Gasteiger partial charge in [-0.1, -0.05) is 41.6 Å². The molecule has 3 N–H and O–H groups in total. The molecule has 1 fully saturated rings. The average molecular weight is 339 g/mol. The number of nitrogens with one attached hydrogen (secondary N) is 1. The number of halogens is 1. The van der Waals surface area contributed by atoms with E-state index in [2.05, 4.69) is 21.2 Å². The predicted octanol–water partition coefficient (Wildman–Crippen LogP) is 4.64. The van der Waals surface area contributed by atoms with Gasteiger partial charge in [-0.25, -0.2) is 0 Å². The number of carbonyl (C=O) groups is 1. The molecule has 3 nitrogen and oxygen atoms in total. The first-order chi connectivity index (χ1) is 9.56. The molecule has 1 aromatic carbocycles. The van der Waals surface area contributed by atoms with Crippen molar-refractivity contribution in [2.45, 2.75) is 51.9 Å². The molecular weight excluding hydrogens is 316 g/mol. The van der Waals surface area contributed by atoms with Crippen molar-refractivity contribution in [3.8, 4) is 0 Å². The summed E-state index contributed by atoms with van der Waals surface area (Å²) < 4.78 is 0.939. The van der Waals surface area contributed by atoms with Gasteiger partial charge in [0.25, 0.3) is 0 Å². The fourth-order valence-electron chi connectivity index (χ4n) is 2.96. The standard InChI is InChI=1S/C16H23BrN2O/c1-11-8-13(17)10-14(18)16(11)19-15(20)9-12-6-4-2-3-5-7-12/h8,10,12H,2-7,9,18H2,1H3,(H,19,20). The van der Waals surface area contributed by atoms with Crippen LogP contribution in [0.3, 0.4) is 0 Å². The van der Waals surface area contributed by atoms with Gasteiger partial charge in [0.15, 0.2) is 0 Å². The number of benzene rings is 1. The largest absolute Gasteiger partial charge is 0.397 e. The molecule has 1 amide bonds. The summed E-state index contributed by atoms with van der Waals surface area (Å²) in [6, 6.07) is 3.80. The molecule has 0 heterocycles. The minimum atomic E-state index is 0.0917. The molecular formula is C16H23BrN2O.